The summed E-state index contributed by atoms with van der Waals surface area (Å²) >= 11 is 6.28. The molecule has 1 amide bonds. The van der Waals surface area contributed by atoms with Gasteiger partial charge in [-0.2, -0.15) is 0 Å². The topological polar surface area (TPSA) is 60.5 Å². The van der Waals surface area contributed by atoms with Crippen LogP contribution in [0.5, 0.6) is 5.88 Å². The number of halogens is 1. The number of benzene rings is 1. The van der Waals surface area contributed by atoms with Crippen molar-refractivity contribution in [2.24, 2.45) is 0 Å². The van der Waals surface area contributed by atoms with Gasteiger partial charge in [0.05, 0.1) is 18.8 Å². The number of pyridine rings is 1. The van der Waals surface area contributed by atoms with E-state index < -0.39 is 0 Å². The van der Waals surface area contributed by atoms with Gasteiger partial charge in [0.1, 0.15) is 11.1 Å². The number of anilines is 1. The lowest BCUT2D eigenvalue weighted by Crippen LogP contribution is -2.26. The molecule has 1 aliphatic rings. The molecule has 1 aliphatic heterocycles. The second kappa shape index (κ2) is 8.52. The molecule has 5 nitrogen and oxygen atoms in total. The highest BCUT2D eigenvalue weighted by atomic mass is 35.5. The van der Waals surface area contributed by atoms with Crippen LogP contribution in [-0.2, 0) is 4.74 Å². The average molecular weight is 375 g/mol. The molecule has 0 saturated carbocycles. The first-order valence-corrected chi connectivity index (χ1v) is 9.22. The molecule has 138 valence electrons. The summed E-state index contributed by atoms with van der Waals surface area (Å²) in [6.45, 7) is 5.54. The number of hydrogen-bond acceptors (Lipinski definition) is 4. The van der Waals surface area contributed by atoms with Crippen molar-refractivity contribution in [2.75, 3.05) is 18.5 Å². The van der Waals surface area contributed by atoms with Crippen LogP contribution in [0.15, 0.2) is 36.5 Å². The summed E-state index contributed by atoms with van der Waals surface area (Å²) in [7, 11) is 0. The van der Waals surface area contributed by atoms with Crippen molar-refractivity contribution >= 4 is 23.2 Å². The lowest BCUT2D eigenvalue weighted by Gasteiger charge is -2.23. The Labute approximate surface area is 158 Å². The zero-order chi connectivity index (χ0) is 18.5. The van der Waals surface area contributed by atoms with E-state index in [1.54, 1.807) is 6.07 Å². The van der Waals surface area contributed by atoms with Crippen LogP contribution in [0.2, 0.25) is 5.02 Å². The Kier molecular flexibility index (Phi) is 6.12. The van der Waals surface area contributed by atoms with Crippen LogP contribution in [-0.4, -0.2) is 30.2 Å². The molecule has 0 aliphatic carbocycles. The second-order valence-electron chi connectivity index (χ2n) is 6.64. The van der Waals surface area contributed by atoms with E-state index in [1.807, 2.05) is 24.3 Å². The summed E-state index contributed by atoms with van der Waals surface area (Å²) in [6, 6.07) is 9.36. The highest BCUT2D eigenvalue weighted by Gasteiger charge is 2.19. The lowest BCUT2D eigenvalue weighted by atomic mass is 10.0. The number of amides is 1. The van der Waals surface area contributed by atoms with E-state index in [2.05, 4.69) is 24.1 Å². The monoisotopic (exact) mass is 374 g/mol. The zero-order valence-corrected chi connectivity index (χ0v) is 15.8. The Morgan fingerprint density at radius 3 is 2.73 bits per heavy atom. The lowest BCUT2D eigenvalue weighted by molar-refractivity contribution is 0.0238. The SMILES string of the molecule is CC(C)c1ccccc1NC(=O)c1cnc(OC2CCOCC2)c(Cl)c1. The zero-order valence-electron chi connectivity index (χ0n) is 15.0. The fourth-order valence-electron chi connectivity index (χ4n) is 2.90. The molecule has 2 heterocycles. The highest BCUT2D eigenvalue weighted by Crippen LogP contribution is 2.27. The van der Waals surface area contributed by atoms with E-state index in [4.69, 9.17) is 21.1 Å². The molecule has 26 heavy (non-hydrogen) atoms. The predicted octanol–water partition coefficient (Wildman–Crippen LogP) is 4.67. The van der Waals surface area contributed by atoms with E-state index in [-0.39, 0.29) is 12.0 Å². The van der Waals surface area contributed by atoms with E-state index >= 15 is 0 Å². The molecule has 0 spiro atoms. The van der Waals surface area contributed by atoms with Crippen molar-refractivity contribution in [3.63, 3.8) is 0 Å². The van der Waals surface area contributed by atoms with Crippen LogP contribution in [0.1, 0.15) is 48.5 Å². The Morgan fingerprint density at radius 2 is 2.04 bits per heavy atom. The number of ether oxygens (including phenoxy) is 2. The molecule has 3 rings (SSSR count). The summed E-state index contributed by atoms with van der Waals surface area (Å²) in [4.78, 5) is 16.8. The van der Waals surface area contributed by atoms with E-state index in [0.717, 1.165) is 24.1 Å². The number of nitrogens with zero attached hydrogens (tertiary/aromatic N) is 1. The number of carbonyl (C=O) groups is 1. The van der Waals surface area contributed by atoms with E-state index in [0.29, 0.717) is 35.6 Å². The molecule has 1 fully saturated rings. The van der Waals surface area contributed by atoms with Gasteiger partial charge in [0.15, 0.2) is 0 Å². The van der Waals surface area contributed by atoms with Gasteiger partial charge in [0, 0.05) is 24.7 Å². The molecule has 2 aromatic rings. The molecule has 1 aromatic carbocycles. The fraction of sp³-hybridized carbons (Fsp3) is 0.400. The van der Waals surface area contributed by atoms with Crippen molar-refractivity contribution in [1.29, 1.82) is 0 Å². The molecule has 0 bridgehead atoms. The quantitative estimate of drug-likeness (QED) is 0.826. The minimum atomic E-state index is -0.245. The van der Waals surface area contributed by atoms with Gasteiger partial charge in [-0.15, -0.1) is 0 Å². The first-order chi connectivity index (χ1) is 12.5. The molecule has 0 unspecified atom stereocenters. The minimum absolute atomic E-state index is 0.0475. The Balaban J connectivity index is 1.71. The average Bonchev–Trinajstić information content (AvgIpc) is 2.64. The van der Waals surface area contributed by atoms with Crippen molar-refractivity contribution < 1.29 is 14.3 Å². The van der Waals surface area contributed by atoms with Gasteiger partial charge >= 0.3 is 0 Å². The van der Waals surface area contributed by atoms with Crippen LogP contribution >= 0.6 is 11.6 Å². The number of rotatable bonds is 5. The standard InChI is InChI=1S/C20H23ClN2O3/c1-13(2)16-5-3-4-6-18(16)23-19(24)14-11-17(21)20(22-12-14)26-15-7-9-25-10-8-15/h3-6,11-13,15H,7-10H2,1-2H3,(H,23,24). The normalized spacial score (nSPS) is 15.1. The number of carbonyl (C=O) groups excluding carboxylic acids is 1. The van der Waals surface area contributed by atoms with Crippen LogP contribution < -0.4 is 10.1 Å². The molecule has 1 N–H and O–H groups in total. The summed E-state index contributed by atoms with van der Waals surface area (Å²) in [5.74, 6) is 0.422. The predicted molar refractivity (Wildman–Crippen MR) is 102 cm³/mol. The number of aromatic nitrogens is 1. The molecule has 1 aromatic heterocycles. The van der Waals surface area contributed by atoms with Crippen molar-refractivity contribution in [2.45, 2.75) is 38.7 Å². The van der Waals surface area contributed by atoms with Crippen molar-refractivity contribution in [3.05, 3.63) is 52.7 Å². The van der Waals surface area contributed by atoms with Gasteiger partial charge in [-0.25, -0.2) is 4.98 Å². The maximum absolute atomic E-state index is 12.6. The van der Waals surface area contributed by atoms with Gasteiger partial charge in [-0.1, -0.05) is 43.6 Å². The number of hydrogen-bond donors (Lipinski definition) is 1. The van der Waals surface area contributed by atoms with Crippen LogP contribution in [0.3, 0.4) is 0 Å². The summed E-state index contributed by atoms with van der Waals surface area (Å²) in [5.41, 5.74) is 2.28. The van der Waals surface area contributed by atoms with E-state index in [1.165, 1.54) is 6.20 Å². The maximum Gasteiger partial charge on any atom is 0.257 e. The van der Waals surface area contributed by atoms with Crippen LogP contribution in [0.25, 0.3) is 0 Å². The fourth-order valence-corrected chi connectivity index (χ4v) is 3.11. The first kappa shape index (κ1) is 18.7. The maximum atomic E-state index is 12.6. The molecule has 0 atom stereocenters. The Bertz CT molecular complexity index is 773. The summed E-state index contributed by atoms with van der Waals surface area (Å²) in [5, 5.41) is 3.28. The molecule has 0 radical (unpaired) electrons. The summed E-state index contributed by atoms with van der Waals surface area (Å²) in [6.07, 6.45) is 3.16. The number of para-hydroxylation sites is 1. The van der Waals surface area contributed by atoms with Gasteiger partial charge in [-0.3, -0.25) is 4.79 Å². The largest absolute Gasteiger partial charge is 0.473 e. The van der Waals surface area contributed by atoms with Gasteiger partial charge in [0.25, 0.3) is 5.91 Å². The minimum Gasteiger partial charge on any atom is -0.473 e. The Hall–Kier alpha value is -2.11. The van der Waals surface area contributed by atoms with Crippen LogP contribution in [0, 0.1) is 0 Å². The molecular formula is C20H23ClN2O3. The van der Waals surface area contributed by atoms with Crippen molar-refractivity contribution in [1.82, 2.24) is 4.98 Å². The Morgan fingerprint density at radius 1 is 1.31 bits per heavy atom. The smallest absolute Gasteiger partial charge is 0.257 e. The molecule has 6 heteroatoms. The summed E-state index contributed by atoms with van der Waals surface area (Å²) < 4.78 is 11.1. The second-order valence-corrected chi connectivity index (χ2v) is 7.04. The van der Waals surface area contributed by atoms with Gasteiger partial charge in [0.2, 0.25) is 5.88 Å². The van der Waals surface area contributed by atoms with Crippen LogP contribution in [0.4, 0.5) is 5.69 Å². The number of nitrogens with one attached hydrogen (secondary N) is 1. The molecule has 1 saturated heterocycles. The highest BCUT2D eigenvalue weighted by molar-refractivity contribution is 6.32. The van der Waals surface area contributed by atoms with Gasteiger partial charge in [-0.05, 0) is 23.6 Å². The third-order valence-electron chi connectivity index (χ3n) is 4.35. The third kappa shape index (κ3) is 4.54. The third-order valence-corrected chi connectivity index (χ3v) is 4.62. The first-order valence-electron chi connectivity index (χ1n) is 8.85. The van der Waals surface area contributed by atoms with Gasteiger partial charge < -0.3 is 14.8 Å². The molecular weight excluding hydrogens is 352 g/mol. The van der Waals surface area contributed by atoms with E-state index in [9.17, 15) is 4.79 Å². The van der Waals surface area contributed by atoms with Crippen molar-refractivity contribution in [3.8, 4) is 5.88 Å².